The van der Waals surface area contributed by atoms with Crippen LogP contribution in [-0.4, -0.2) is 37.9 Å². The Morgan fingerprint density at radius 1 is 1.28 bits per heavy atom. The van der Waals surface area contributed by atoms with Gasteiger partial charge in [0.15, 0.2) is 5.75 Å². The van der Waals surface area contributed by atoms with Crippen molar-refractivity contribution in [1.29, 1.82) is 0 Å². The number of hydrogen-bond acceptors (Lipinski definition) is 7. The Kier molecular flexibility index (Phi) is 7.79. The molecule has 0 aliphatic carbocycles. The molecular weight excluding hydrogens is 402 g/mol. The fourth-order valence-corrected chi connectivity index (χ4v) is 2.68. The number of carbonyl (C=O) groups is 1. The highest BCUT2D eigenvalue weighted by molar-refractivity contribution is 6.31. The number of hydrogen-bond donors (Lipinski definition) is 1. The predicted octanol–water partition coefficient (Wildman–Crippen LogP) is 3.36. The molecule has 9 nitrogen and oxygen atoms in total. The van der Waals surface area contributed by atoms with Crippen LogP contribution in [0, 0.1) is 10.1 Å². The first-order valence-electron chi connectivity index (χ1n) is 8.53. The van der Waals surface area contributed by atoms with Crippen LogP contribution in [0.25, 0.3) is 0 Å². The van der Waals surface area contributed by atoms with Gasteiger partial charge in [0.25, 0.3) is 0 Å². The summed E-state index contributed by atoms with van der Waals surface area (Å²) in [5.74, 6) is 0.394. The topological polar surface area (TPSA) is 112 Å². The van der Waals surface area contributed by atoms with Crippen LogP contribution in [0.5, 0.6) is 17.2 Å². The van der Waals surface area contributed by atoms with Gasteiger partial charge in [0.2, 0.25) is 11.7 Å². The second-order valence-corrected chi connectivity index (χ2v) is 6.10. The zero-order chi connectivity index (χ0) is 21.4. The zero-order valence-electron chi connectivity index (χ0n) is 16.1. The molecule has 10 heteroatoms. The summed E-state index contributed by atoms with van der Waals surface area (Å²) in [4.78, 5) is 22.8. The maximum absolute atomic E-state index is 12.1. The molecule has 2 aromatic rings. The third-order valence-electron chi connectivity index (χ3n) is 3.77. The number of methoxy groups -OCH3 is 2. The third kappa shape index (κ3) is 5.82. The fourth-order valence-electron chi connectivity index (χ4n) is 2.49. The van der Waals surface area contributed by atoms with Gasteiger partial charge in [-0.15, -0.1) is 0 Å². The number of nitro benzene ring substituents is 1. The lowest BCUT2D eigenvalue weighted by Crippen LogP contribution is -2.20. The molecule has 0 fully saturated rings. The summed E-state index contributed by atoms with van der Waals surface area (Å²) < 4.78 is 15.6. The lowest BCUT2D eigenvalue weighted by Gasteiger charge is -2.10. The molecule has 0 saturated carbocycles. The summed E-state index contributed by atoms with van der Waals surface area (Å²) in [6, 6.07) is 7.79. The molecule has 1 amide bonds. The third-order valence-corrected chi connectivity index (χ3v) is 4.13. The van der Waals surface area contributed by atoms with E-state index in [1.807, 2.05) is 0 Å². The molecular formula is C19H20ClN3O6. The van der Waals surface area contributed by atoms with Crippen LogP contribution in [0.3, 0.4) is 0 Å². The lowest BCUT2D eigenvalue weighted by atomic mass is 10.1. The molecule has 0 saturated heterocycles. The van der Waals surface area contributed by atoms with E-state index in [9.17, 15) is 14.9 Å². The Morgan fingerprint density at radius 2 is 2.03 bits per heavy atom. The molecule has 0 aromatic heterocycles. The van der Waals surface area contributed by atoms with Crippen LogP contribution >= 0.6 is 11.6 Å². The Balaban J connectivity index is 2.15. The van der Waals surface area contributed by atoms with Crippen molar-refractivity contribution in [3.05, 3.63) is 56.6 Å². The number of hydrazone groups is 1. The highest BCUT2D eigenvalue weighted by Gasteiger charge is 2.21. The number of rotatable bonds is 9. The van der Waals surface area contributed by atoms with Crippen molar-refractivity contribution in [3.8, 4) is 17.2 Å². The monoisotopic (exact) mass is 421 g/mol. The Morgan fingerprint density at radius 3 is 2.66 bits per heavy atom. The summed E-state index contributed by atoms with van der Waals surface area (Å²) in [5.41, 5.74) is 3.04. The van der Waals surface area contributed by atoms with Gasteiger partial charge in [0, 0.05) is 16.7 Å². The van der Waals surface area contributed by atoms with Crippen LogP contribution in [0.15, 0.2) is 35.4 Å². The molecule has 0 unspecified atom stereocenters. The van der Waals surface area contributed by atoms with Crippen molar-refractivity contribution in [2.75, 3.05) is 20.8 Å². The van der Waals surface area contributed by atoms with E-state index in [1.165, 1.54) is 32.6 Å². The number of nitrogens with one attached hydrogen (secondary N) is 1. The molecule has 0 spiro atoms. The van der Waals surface area contributed by atoms with Crippen LogP contribution in [-0.2, 0) is 11.2 Å². The average molecular weight is 422 g/mol. The summed E-state index contributed by atoms with van der Waals surface area (Å²) in [6.07, 6.45) is 1.26. The molecule has 0 bridgehead atoms. The highest BCUT2D eigenvalue weighted by Crippen LogP contribution is 2.37. The van der Waals surface area contributed by atoms with Gasteiger partial charge >= 0.3 is 5.69 Å². The van der Waals surface area contributed by atoms with E-state index in [0.717, 1.165) is 0 Å². The average Bonchev–Trinajstić information content (AvgIpc) is 2.69. The molecule has 0 heterocycles. The van der Waals surface area contributed by atoms with Crippen LogP contribution in [0.2, 0.25) is 5.02 Å². The number of amides is 1. The second kappa shape index (κ2) is 10.3. The lowest BCUT2D eigenvalue weighted by molar-refractivity contribution is -0.385. The van der Waals surface area contributed by atoms with Crippen molar-refractivity contribution in [1.82, 2.24) is 5.43 Å². The Hall–Kier alpha value is -3.33. The van der Waals surface area contributed by atoms with Crippen molar-refractivity contribution < 1.29 is 23.9 Å². The predicted molar refractivity (Wildman–Crippen MR) is 108 cm³/mol. The number of ether oxygens (including phenoxy) is 3. The van der Waals surface area contributed by atoms with E-state index >= 15 is 0 Å². The number of nitrogens with zero attached hydrogens (tertiary/aromatic N) is 2. The summed E-state index contributed by atoms with van der Waals surface area (Å²) in [7, 11) is 2.84. The minimum absolute atomic E-state index is 0.0136. The van der Waals surface area contributed by atoms with Gasteiger partial charge in [0.05, 0.1) is 38.4 Å². The van der Waals surface area contributed by atoms with E-state index in [0.29, 0.717) is 28.5 Å². The molecule has 0 atom stereocenters. The molecule has 154 valence electrons. The summed E-state index contributed by atoms with van der Waals surface area (Å²) in [6.45, 7) is 2.04. The van der Waals surface area contributed by atoms with Gasteiger partial charge in [-0.05, 0) is 36.8 Å². The largest absolute Gasteiger partial charge is 0.497 e. The van der Waals surface area contributed by atoms with E-state index in [2.05, 4.69) is 10.5 Å². The van der Waals surface area contributed by atoms with Crippen LogP contribution < -0.4 is 19.6 Å². The normalized spacial score (nSPS) is 10.6. The molecule has 2 rings (SSSR count). The van der Waals surface area contributed by atoms with Crippen LogP contribution in [0.1, 0.15) is 18.1 Å². The first-order valence-corrected chi connectivity index (χ1v) is 8.90. The first kappa shape index (κ1) is 22.0. The van der Waals surface area contributed by atoms with Gasteiger partial charge in [0.1, 0.15) is 5.75 Å². The van der Waals surface area contributed by atoms with E-state index in [-0.39, 0.29) is 23.6 Å². The molecule has 0 aliphatic rings. The first-order chi connectivity index (χ1) is 13.9. The van der Waals surface area contributed by atoms with Crippen LogP contribution in [0.4, 0.5) is 5.69 Å². The minimum atomic E-state index is -0.581. The van der Waals surface area contributed by atoms with E-state index in [4.69, 9.17) is 25.8 Å². The van der Waals surface area contributed by atoms with Gasteiger partial charge in [-0.1, -0.05) is 11.6 Å². The smallest absolute Gasteiger partial charge is 0.315 e. The molecule has 0 aliphatic heterocycles. The number of nitro groups is 1. The Labute approximate surface area is 172 Å². The number of benzene rings is 2. The maximum Gasteiger partial charge on any atom is 0.315 e. The van der Waals surface area contributed by atoms with Gasteiger partial charge < -0.3 is 14.2 Å². The van der Waals surface area contributed by atoms with Gasteiger partial charge in [-0.25, -0.2) is 5.43 Å². The van der Waals surface area contributed by atoms with E-state index < -0.39 is 10.8 Å². The molecule has 1 N–H and O–H groups in total. The standard InChI is InChI=1S/C19H20ClN3O6/c1-4-29-17-8-12(7-16(23(25)26)19(17)28-3)11-21-22-18(24)10-13-9-14(27-2)5-6-15(13)20/h5-9,11H,4,10H2,1-3H3,(H,22,24)/b21-11+. The van der Waals surface area contributed by atoms with Gasteiger partial charge in [-0.2, -0.15) is 5.10 Å². The Bertz CT molecular complexity index is 932. The molecule has 29 heavy (non-hydrogen) atoms. The van der Waals surface area contributed by atoms with E-state index in [1.54, 1.807) is 25.1 Å². The number of carbonyl (C=O) groups excluding carboxylic acids is 1. The minimum Gasteiger partial charge on any atom is -0.497 e. The SMILES string of the molecule is CCOc1cc(/C=N/NC(=O)Cc2cc(OC)ccc2Cl)cc([N+](=O)[O-])c1OC. The fraction of sp³-hybridized carbons (Fsp3) is 0.263. The zero-order valence-corrected chi connectivity index (χ0v) is 16.9. The molecule has 2 aromatic carbocycles. The number of halogens is 1. The highest BCUT2D eigenvalue weighted by atomic mass is 35.5. The van der Waals surface area contributed by atoms with Crippen molar-refractivity contribution in [3.63, 3.8) is 0 Å². The maximum atomic E-state index is 12.1. The molecule has 0 radical (unpaired) electrons. The second-order valence-electron chi connectivity index (χ2n) is 5.69. The van der Waals surface area contributed by atoms with Crippen molar-refractivity contribution in [2.45, 2.75) is 13.3 Å². The van der Waals surface area contributed by atoms with Gasteiger partial charge in [-0.3, -0.25) is 14.9 Å². The van der Waals surface area contributed by atoms with Crippen molar-refractivity contribution >= 4 is 29.4 Å². The summed E-state index contributed by atoms with van der Waals surface area (Å²) in [5, 5.41) is 15.6. The summed E-state index contributed by atoms with van der Waals surface area (Å²) >= 11 is 6.09. The quantitative estimate of drug-likeness (QED) is 0.377. The van der Waals surface area contributed by atoms with Crippen molar-refractivity contribution in [2.24, 2.45) is 5.10 Å².